The summed E-state index contributed by atoms with van der Waals surface area (Å²) in [7, 11) is 0. The highest BCUT2D eigenvalue weighted by atomic mass is 19.1. The fourth-order valence-corrected chi connectivity index (χ4v) is 3.77. The first-order valence-electron chi connectivity index (χ1n) is 12.1. The topological polar surface area (TPSA) is 158 Å². The maximum atomic E-state index is 13.3. The van der Waals surface area contributed by atoms with Gasteiger partial charge in [-0.2, -0.15) is 4.39 Å². The summed E-state index contributed by atoms with van der Waals surface area (Å²) in [6, 6.07) is 11.3. The van der Waals surface area contributed by atoms with Crippen molar-refractivity contribution in [1.82, 2.24) is 30.2 Å². The molecule has 0 aliphatic rings. The molecule has 5 N–H and O–H groups in total. The number of carbonyl (C=O) groups excluding carboxylic acids is 1. The fraction of sp³-hybridized carbons (Fsp3) is 0.179. The molecular formula is C28H28FN9O. The van der Waals surface area contributed by atoms with E-state index in [0.717, 1.165) is 11.1 Å². The minimum absolute atomic E-state index is 0.228. The first-order valence-corrected chi connectivity index (χ1v) is 12.1. The van der Waals surface area contributed by atoms with E-state index in [1.54, 1.807) is 50.4 Å². The number of pyridine rings is 3. The van der Waals surface area contributed by atoms with Crippen molar-refractivity contribution in [2.45, 2.75) is 33.7 Å². The first-order chi connectivity index (χ1) is 18.6. The number of aryl methyl sites for hydroxylation is 2. The van der Waals surface area contributed by atoms with Gasteiger partial charge in [-0.15, -0.1) is 0 Å². The largest absolute Gasteiger partial charge is 0.402 e. The van der Waals surface area contributed by atoms with Crippen LogP contribution >= 0.6 is 0 Å². The summed E-state index contributed by atoms with van der Waals surface area (Å²) in [5, 5.41) is 2.92. The molecule has 4 aromatic heterocycles. The Morgan fingerprint density at radius 2 is 1.82 bits per heavy atom. The van der Waals surface area contributed by atoms with Crippen LogP contribution < -0.4 is 16.8 Å². The number of allylic oxidation sites excluding steroid dienone is 1. The van der Waals surface area contributed by atoms with Crippen molar-refractivity contribution >= 4 is 17.6 Å². The van der Waals surface area contributed by atoms with Crippen LogP contribution in [0, 0.1) is 19.8 Å². The van der Waals surface area contributed by atoms with Crippen LogP contribution in [0.2, 0.25) is 0 Å². The molecule has 0 aliphatic heterocycles. The third-order valence-electron chi connectivity index (χ3n) is 5.68. The second-order valence-electron chi connectivity index (χ2n) is 8.99. The van der Waals surface area contributed by atoms with Gasteiger partial charge in [-0.3, -0.25) is 14.8 Å². The molecule has 1 unspecified atom stereocenters. The zero-order valence-electron chi connectivity index (χ0n) is 22.0. The summed E-state index contributed by atoms with van der Waals surface area (Å²) in [6.45, 7) is 7.11. The van der Waals surface area contributed by atoms with Crippen LogP contribution in [0.25, 0.3) is 22.6 Å². The standard InChI is InChI=1S/C28H28FN9O/c1-15(30)11-25(31)37-26-12-16(2)34-27(38-26)20-6-9-23(33-14-20)28(39)36-17(3)19-5-8-22(32-13-19)21-7-10-24(29)35-18(21)4/h5-14,17H,30H2,1-4H3,(H,36,39)(H2,31,34,37,38)/b15-11-. The Morgan fingerprint density at radius 3 is 2.46 bits per heavy atom. The van der Waals surface area contributed by atoms with Crippen LogP contribution in [-0.4, -0.2) is 36.7 Å². The number of nitrogens with zero attached hydrogens (tertiary/aromatic N) is 6. The summed E-state index contributed by atoms with van der Waals surface area (Å²) in [6.07, 6.45) is 4.75. The Morgan fingerprint density at radius 1 is 1.03 bits per heavy atom. The molecule has 0 spiro atoms. The first kappa shape index (κ1) is 27.0. The van der Waals surface area contributed by atoms with Gasteiger partial charge in [0.15, 0.2) is 11.6 Å². The molecule has 39 heavy (non-hydrogen) atoms. The van der Waals surface area contributed by atoms with E-state index in [4.69, 9.17) is 11.5 Å². The van der Waals surface area contributed by atoms with Crippen LogP contribution in [0.5, 0.6) is 0 Å². The van der Waals surface area contributed by atoms with Gasteiger partial charge in [-0.1, -0.05) is 6.07 Å². The molecule has 0 aliphatic carbocycles. The lowest BCUT2D eigenvalue weighted by atomic mass is 10.1. The van der Waals surface area contributed by atoms with Gasteiger partial charge in [-0.25, -0.2) is 19.9 Å². The number of nitrogens with two attached hydrogens (primary N) is 2. The Hall–Kier alpha value is -5.06. The number of rotatable bonds is 7. The molecule has 4 rings (SSSR count). The predicted octanol–water partition coefficient (Wildman–Crippen LogP) is 4.09. The normalized spacial score (nSPS) is 12.7. The molecule has 0 fully saturated rings. The number of aliphatic imine (C=N–C) groups is 1. The second-order valence-corrected chi connectivity index (χ2v) is 8.99. The van der Waals surface area contributed by atoms with Gasteiger partial charge in [-0.05, 0) is 69.7 Å². The maximum absolute atomic E-state index is 13.3. The van der Waals surface area contributed by atoms with Gasteiger partial charge >= 0.3 is 0 Å². The molecule has 0 aromatic carbocycles. The number of nitrogens with one attached hydrogen (secondary N) is 1. The highest BCUT2D eigenvalue weighted by Crippen LogP contribution is 2.23. The fourth-order valence-electron chi connectivity index (χ4n) is 3.77. The molecule has 0 bridgehead atoms. The van der Waals surface area contributed by atoms with Gasteiger partial charge in [0.05, 0.1) is 11.7 Å². The van der Waals surface area contributed by atoms with Crippen molar-refractivity contribution in [1.29, 1.82) is 0 Å². The number of amides is 1. The Labute approximate surface area is 225 Å². The van der Waals surface area contributed by atoms with Crippen molar-refractivity contribution in [3.63, 3.8) is 0 Å². The maximum Gasteiger partial charge on any atom is 0.270 e. The van der Waals surface area contributed by atoms with Crippen molar-refractivity contribution < 1.29 is 9.18 Å². The lowest BCUT2D eigenvalue weighted by Crippen LogP contribution is -2.27. The third kappa shape index (κ3) is 6.83. The summed E-state index contributed by atoms with van der Waals surface area (Å²) in [5.74, 6) is 0.135. The van der Waals surface area contributed by atoms with Crippen molar-refractivity contribution in [2.24, 2.45) is 16.5 Å². The monoisotopic (exact) mass is 525 g/mol. The Kier molecular flexibility index (Phi) is 7.99. The molecule has 0 saturated carbocycles. The number of hydrogen-bond acceptors (Lipinski definition) is 8. The average Bonchev–Trinajstić information content (AvgIpc) is 2.88. The van der Waals surface area contributed by atoms with E-state index >= 15 is 0 Å². The minimum atomic E-state index is -0.535. The number of amidine groups is 1. The lowest BCUT2D eigenvalue weighted by Gasteiger charge is -2.14. The quantitative estimate of drug-likeness (QED) is 0.185. The van der Waals surface area contributed by atoms with E-state index in [-0.39, 0.29) is 23.5 Å². The molecule has 0 saturated heterocycles. The number of aromatic nitrogens is 5. The molecule has 0 radical (unpaired) electrons. The third-order valence-corrected chi connectivity index (χ3v) is 5.68. The van der Waals surface area contributed by atoms with E-state index in [1.165, 1.54) is 12.3 Å². The van der Waals surface area contributed by atoms with E-state index in [1.807, 2.05) is 26.0 Å². The van der Waals surface area contributed by atoms with Crippen LogP contribution in [0.3, 0.4) is 0 Å². The van der Waals surface area contributed by atoms with Crippen LogP contribution in [0.1, 0.15) is 47.3 Å². The number of carbonyl (C=O) groups is 1. The van der Waals surface area contributed by atoms with Crippen LogP contribution in [0.15, 0.2) is 71.6 Å². The molecule has 4 aromatic rings. The SMILES string of the molecule is C/C(N)=C/C(N)=Nc1cc(C)nc(-c2ccc(C(=O)NC(C)c3ccc(-c4ccc(F)nc4C)nc3)nc2)n1. The van der Waals surface area contributed by atoms with Gasteiger partial charge in [0.25, 0.3) is 5.91 Å². The number of halogens is 1. The van der Waals surface area contributed by atoms with E-state index in [0.29, 0.717) is 40.0 Å². The predicted molar refractivity (Wildman–Crippen MR) is 147 cm³/mol. The molecule has 198 valence electrons. The zero-order valence-corrected chi connectivity index (χ0v) is 22.0. The summed E-state index contributed by atoms with van der Waals surface area (Å²) >= 11 is 0. The van der Waals surface area contributed by atoms with Crippen LogP contribution in [0.4, 0.5) is 10.2 Å². The molecule has 10 nitrogen and oxygen atoms in total. The van der Waals surface area contributed by atoms with Gasteiger partial charge < -0.3 is 16.8 Å². The van der Waals surface area contributed by atoms with Crippen molar-refractivity contribution in [3.8, 4) is 22.6 Å². The summed E-state index contributed by atoms with van der Waals surface area (Å²) < 4.78 is 13.3. The van der Waals surface area contributed by atoms with Crippen molar-refractivity contribution in [3.05, 3.63) is 95.2 Å². The molecule has 1 atom stereocenters. The van der Waals surface area contributed by atoms with Gasteiger partial charge in [0.2, 0.25) is 5.95 Å². The van der Waals surface area contributed by atoms with E-state index in [2.05, 4.69) is 35.2 Å². The minimum Gasteiger partial charge on any atom is -0.402 e. The highest BCUT2D eigenvalue weighted by Gasteiger charge is 2.15. The lowest BCUT2D eigenvalue weighted by molar-refractivity contribution is 0.0935. The molecule has 11 heteroatoms. The average molecular weight is 526 g/mol. The van der Waals surface area contributed by atoms with Gasteiger partial charge in [0.1, 0.15) is 11.5 Å². The zero-order chi connectivity index (χ0) is 28.1. The van der Waals surface area contributed by atoms with Crippen molar-refractivity contribution in [2.75, 3.05) is 0 Å². The Bertz CT molecular complexity index is 1560. The molecule has 1 amide bonds. The Balaban J connectivity index is 1.45. The highest BCUT2D eigenvalue weighted by molar-refractivity contribution is 5.94. The molecular weight excluding hydrogens is 497 g/mol. The summed E-state index contributed by atoms with van der Waals surface area (Å²) in [5.41, 5.74) is 16.4. The summed E-state index contributed by atoms with van der Waals surface area (Å²) in [4.78, 5) is 38.6. The number of hydrogen-bond donors (Lipinski definition) is 3. The smallest absolute Gasteiger partial charge is 0.270 e. The second kappa shape index (κ2) is 11.5. The molecule has 4 heterocycles. The van der Waals surface area contributed by atoms with E-state index < -0.39 is 5.95 Å². The van der Waals surface area contributed by atoms with E-state index in [9.17, 15) is 9.18 Å². The van der Waals surface area contributed by atoms with Gasteiger partial charge in [0, 0.05) is 46.7 Å². The van der Waals surface area contributed by atoms with Crippen LogP contribution in [-0.2, 0) is 0 Å².